The van der Waals surface area contributed by atoms with Crippen LogP contribution in [0.25, 0.3) is 10.2 Å². The first-order valence-corrected chi connectivity index (χ1v) is 12.3. The maximum atomic E-state index is 13.5. The van der Waals surface area contributed by atoms with Gasteiger partial charge in [0.2, 0.25) is 0 Å². The van der Waals surface area contributed by atoms with Gasteiger partial charge in [-0.2, -0.15) is 4.73 Å². The van der Waals surface area contributed by atoms with Crippen molar-refractivity contribution in [1.29, 1.82) is 0 Å². The monoisotopic (exact) mass is 512 g/mol. The number of anilines is 2. The Hall–Kier alpha value is -3.34. The highest BCUT2D eigenvalue weighted by Gasteiger charge is 2.23. The molecule has 4 heterocycles. The molecule has 1 saturated heterocycles. The molecule has 0 radical (unpaired) electrons. The van der Waals surface area contributed by atoms with Crippen LogP contribution >= 0.6 is 22.9 Å². The van der Waals surface area contributed by atoms with E-state index in [2.05, 4.69) is 25.5 Å². The molecular formula is C24H22ClFN6O2S. The number of carbonyl (C=O) groups excluding carboxylic acids is 1. The molecule has 0 bridgehead atoms. The lowest BCUT2D eigenvalue weighted by atomic mass is 10.0. The molecule has 1 aromatic carbocycles. The first kappa shape index (κ1) is 23.4. The summed E-state index contributed by atoms with van der Waals surface area (Å²) in [6.45, 7) is 2.39. The van der Waals surface area contributed by atoms with Crippen molar-refractivity contribution in [1.82, 2.24) is 20.2 Å². The number of halogens is 2. The number of piperidine rings is 1. The predicted octanol–water partition coefficient (Wildman–Crippen LogP) is 4.26. The molecular weight excluding hydrogens is 491 g/mol. The topological polar surface area (TPSA) is 97.1 Å². The smallest absolute Gasteiger partial charge is 0.261 e. The van der Waals surface area contributed by atoms with E-state index >= 15 is 0 Å². The zero-order valence-corrected chi connectivity index (χ0v) is 20.2. The van der Waals surface area contributed by atoms with Gasteiger partial charge in [-0.05, 0) is 43.2 Å². The summed E-state index contributed by atoms with van der Waals surface area (Å²) in [6, 6.07) is 9.87. The van der Waals surface area contributed by atoms with E-state index < -0.39 is 5.82 Å². The summed E-state index contributed by atoms with van der Waals surface area (Å²) in [6.07, 6.45) is 6.15. The molecule has 4 aromatic rings. The van der Waals surface area contributed by atoms with Gasteiger partial charge in [0.15, 0.2) is 12.4 Å². The third kappa shape index (κ3) is 5.50. The minimum absolute atomic E-state index is 0.00884. The molecule has 1 aliphatic rings. The fraction of sp³-hybridized carbons (Fsp3) is 0.250. The first-order chi connectivity index (χ1) is 16.9. The van der Waals surface area contributed by atoms with Crippen LogP contribution in [0, 0.1) is 11.0 Å². The molecule has 1 aliphatic heterocycles. The molecule has 2 N–H and O–H groups in total. The van der Waals surface area contributed by atoms with Crippen LogP contribution in [0.2, 0.25) is 5.02 Å². The molecule has 1 fully saturated rings. The number of hydrogen-bond donors (Lipinski definition) is 2. The number of aromatic nitrogens is 3. The fourth-order valence-corrected chi connectivity index (χ4v) is 5.20. The van der Waals surface area contributed by atoms with Gasteiger partial charge < -0.3 is 15.8 Å². The van der Waals surface area contributed by atoms with E-state index in [1.165, 1.54) is 36.0 Å². The van der Waals surface area contributed by atoms with E-state index in [1.54, 1.807) is 24.4 Å². The maximum Gasteiger partial charge on any atom is 0.261 e. The summed E-state index contributed by atoms with van der Waals surface area (Å²) >= 11 is 7.17. The summed E-state index contributed by atoms with van der Waals surface area (Å²) in [5.74, 6) is -0.125. The van der Waals surface area contributed by atoms with Crippen LogP contribution in [0.1, 0.15) is 28.1 Å². The molecule has 0 aliphatic carbocycles. The van der Waals surface area contributed by atoms with E-state index in [0.29, 0.717) is 33.1 Å². The molecule has 0 unspecified atom stereocenters. The molecule has 35 heavy (non-hydrogen) atoms. The quantitative estimate of drug-likeness (QED) is 0.296. The second-order valence-corrected chi connectivity index (χ2v) is 9.84. The standard InChI is InChI=1S/C24H22ClFN6O2S/c25-19-10-17(3-4-20(19)26)29-22-18-11-21(35-24(18)28-14-27-22)23(33)30-16-5-8-31(9-6-16)12-15-2-1-7-32(34)13-15/h1-4,7,10-11,13-14,16H,5-6,8-9,12H2,(H,30,33)(H,27,28,29). The van der Waals surface area contributed by atoms with E-state index in [1.807, 2.05) is 6.07 Å². The van der Waals surface area contributed by atoms with Crippen LogP contribution in [0.5, 0.6) is 0 Å². The maximum absolute atomic E-state index is 13.5. The summed E-state index contributed by atoms with van der Waals surface area (Å²) < 4.78 is 14.3. The van der Waals surface area contributed by atoms with Gasteiger partial charge in [-0.1, -0.05) is 11.6 Å². The Labute approximate surface area is 210 Å². The highest BCUT2D eigenvalue weighted by molar-refractivity contribution is 7.20. The van der Waals surface area contributed by atoms with Gasteiger partial charge in [-0.25, -0.2) is 14.4 Å². The van der Waals surface area contributed by atoms with Crippen LogP contribution in [0.3, 0.4) is 0 Å². The van der Waals surface area contributed by atoms with Gasteiger partial charge in [-0.3, -0.25) is 9.69 Å². The van der Waals surface area contributed by atoms with Crippen molar-refractivity contribution < 1.29 is 13.9 Å². The van der Waals surface area contributed by atoms with Gasteiger partial charge in [0.25, 0.3) is 5.91 Å². The summed E-state index contributed by atoms with van der Waals surface area (Å²) in [7, 11) is 0. The number of likely N-dealkylation sites (tertiary alicyclic amines) is 1. The van der Waals surface area contributed by atoms with Crippen LogP contribution < -0.4 is 15.4 Å². The number of hydrogen-bond acceptors (Lipinski definition) is 7. The van der Waals surface area contributed by atoms with Crippen molar-refractivity contribution in [2.75, 3.05) is 18.4 Å². The average molecular weight is 513 g/mol. The van der Waals surface area contributed by atoms with E-state index in [9.17, 15) is 14.4 Å². The number of rotatable bonds is 6. The van der Waals surface area contributed by atoms with Crippen molar-refractivity contribution in [2.45, 2.75) is 25.4 Å². The molecule has 8 nitrogen and oxygen atoms in total. The lowest BCUT2D eigenvalue weighted by Crippen LogP contribution is -2.44. The fourth-order valence-electron chi connectivity index (χ4n) is 4.12. The van der Waals surface area contributed by atoms with Crippen molar-refractivity contribution >= 4 is 50.6 Å². The molecule has 0 saturated carbocycles. The van der Waals surface area contributed by atoms with Crippen LogP contribution in [-0.2, 0) is 6.54 Å². The second kappa shape index (κ2) is 10.1. The van der Waals surface area contributed by atoms with E-state index in [0.717, 1.165) is 36.2 Å². The predicted molar refractivity (Wildman–Crippen MR) is 133 cm³/mol. The molecule has 180 valence electrons. The molecule has 0 atom stereocenters. The molecule has 5 rings (SSSR count). The number of nitrogens with zero attached hydrogens (tertiary/aromatic N) is 4. The average Bonchev–Trinajstić information content (AvgIpc) is 3.29. The second-order valence-electron chi connectivity index (χ2n) is 8.40. The van der Waals surface area contributed by atoms with Gasteiger partial charge in [-0.15, -0.1) is 11.3 Å². The van der Waals surface area contributed by atoms with Crippen LogP contribution in [0.4, 0.5) is 15.9 Å². The Morgan fingerprint density at radius 2 is 2.09 bits per heavy atom. The lowest BCUT2D eigenvalue weighted by molar-refractivity contribution is -0.605. The van der Waals surface area contributed by atoms with Gasteiger partial charge in [0, 0.05) is 43.0 Å². The third-order valence-electron chi connectivity index (χ3n) is 5.90. The first-order valence-electron chi connectivity index (χ1n) is 11.1. The largest absolute Gasteiger partial charge is 0.619 e. The van der Waals surface area contributed by atoms with Gasteiger partial charge >= 0.3 is 0 Å². The van der Waals surface area contributed by atoms with Crippen molar-refractivity contribution in [3.8, 4) is 0 Å². The molecule has 0 spiro atoms. The summed E-state index contributed by atoms with van der Waals surface area (Å²) in [4.78, 5) is 25.0. The number of amides is 1. The molecule has 3 aromatic heterocycles. The number of fused-ring (bicyclic) bond motifs is 1. The Balaban J connectivity index is 1.22. The molecule has 11 heteroatoms. The van der Waals surface area contributed by atoms with E-state index in [-0.39, 0.29) is 17.0 Å². The third-order valence-corrected chi connectivity index (χ3v) is 7.23. The van der Waals surface area contributed by atoms with Crippen molar-refractivity contribution in [3.05, 3.63) is 81.6 Å². The molecule has 1 amide bonds. The van der Waals surface area contributed by atoms with Crippen LogP contribution in [0.15, 0.2) is 55.1 Å². The number of nitrogens with one attached hydrogen (secondary N) is 2. The van der Waals surface area contributed by atoms with Crippen molar-refractivity contribution in [2.24, 2.45) is 0 Å². The number of pyridine rings is 1. The SMILES string of the molecule is O=C(NC1CCN(Cc2ccc[n+]([O-])c2)CC1)c1cc2c(Nc3ccc(F)c(Cl)c3)ncnc2s1. The zero-order valence-electron chi connectivity index (χ0n) is 18.6. The Morgan fingerprint density at radius 1 is 1.26 bits per heavy atom. The Bertz CT molecular complexity index is 1380. The summed E-state index contributed by atoms with van der Waals surface area (Å²) in [5, 5.41) is 18.4. The Morgan fingerprint density at radius 3 is 2.86 bits per heavy atom. The minimum Gasteiger partial charge on any atom is -0.619 e. The van der Waals surface area contributed by atoms with E-state index in [4.69, 9.17) is 11.6 Å². The normalized spacial score (nSPS) is 14.8. The van der Waals surface area contributed by atoms with Gasteiger partial charge in [0.1, 0.15) is 22.8 Å². The Kier molecular flexibility index (Phi) is 6.76. The zero-order chi connectivity index (χ0) is 24.4. The van der Waals surface area contributed by atoms with Crippen LogP contribution in [-0.4, -0.2) is 39.9 Å². The van der Waals surface area contributed by atoms with Gasteiger partial charge in [0.05, 0.1) is 15.3 Å². The highest BCUT2D eigenvalue weighted by atomic mass is 35.5. The number of carbonyl (C=O) groups is 1. The highest BCUT2D eigenvalue weighted by Crippen LogP contribution is 2.31. The number of thiophene rings is 1. The summed E-state index contributed by atoms with van der Waals surface area (Å²) in [5.41, 5.74) is 1.56. The number of benzene rings is 1. The lowest BCUT2D eigenvalue weighted by Gasteiger charge is -2.32. The minimum atomic E-state index is -0.499. The van der Waals surface area contributed by atoms with Crippen molar-refractivity contribution in [3.63, 3.8) is 0 Å².